The monoisotopic (exact) mass is 447 g/mol. The second-order valence-electron chi connectivity index (χ2n) is 8.72. The van der Waals surface area contributed by atoms with Crippen LogP contribution in [0.25, 0.3) is 0 Å². The maximum absolute atomic E-state index is 12.7. The van der Waals surface area contributed by atoms with Crippen LogP contribution in [0.2, 0.25) is 0 Å². The SMILES string of the molecule is CC(CC(CO)NC(=O)C(CC1CCCCC1)OC(N)=O)C(=O)NCCc1ccccc1. The van der Waals surface area contributed by atoms with Gasteiger partial charge in [-0.1, -0.05) is 69.4 Å². The Bertz CT molecular complexity index is 722. The third-order valence-corrected chi connectivity index (χ3v) is 6.03. The third-order valence-electron chi connectivity index (χ3n) is 6.03. The lowest BCUT2D eigenvalue weighted by Crippen LogP contribution is -2.47. The number of carbonyl (C=O) groups is 3. The van der Waals surface area contributed by atoms with E-state index in [1.807, 2.05) is 30.3 Å². The van der Waals surface area contributed by atoms with Crippen LogP contribution in [0.3, 0.4) is 0 Å². The first-order chi connectivity index (χ1) is 15.4. The van der Waals surface area contributed by atoms with Crippen molar-refractivity contribution in [1.29, 1.82) is 0 Å². The van der Waals surface area contributed by atoms with Gasteiger partial charge in [-0.15, -0.1) is 0 Å². The standard InChI is InChI=1S/C24H37N3O5/c1-17(22(29)26-13-12-18-8-4-2-5-9-18)14-20(16-28)27-23(30)21(32-24(25)31)15-19-10-6-3-7-11-19/h2,4-5,8-9,17,19-21,28H,3,6-7,10-16H2,1H3,(H2,25,31)(H,26,29)(H,27,30). The Balaban J connectivity index is 1.82. The smallest absolute Gasteiger partial charge is 0.405 e. The van der Waals surface area contributed by atoms with Crippen LogP contribution in [-0.4, -0.2) is 48.3 Å². The summed E-state index contributed by atoms with van der Waals surface area (Å²) < 4.78 is 5.07. The number of rotatable bonds is 12. The highest BCUT2D eigenvalue weighted by Gasteiger charge is 2.29. The molecule has 0 spiro atoms. The first kappa shape index (κ1) is 25.6. The fraction of sp³-hybridized carbons (Fsp3) is 0.625. The Morgan fingerprint density at radius 3 is 2.44 bits per heavy atom. The molecule has 3 atom stereocenters. The summed E-state index contributed by atoms with van der Waals surface area (Å²) in [6.07, 6.45) is 4.82. The highest BCUT2D eigenvalue weighted by molar-refractivity contribution is 5.83. The van der Waals surface area contributed by atoms with Crippen LogP contribution in [0.4, 0.5) is 4.79 Å². The van der Waals surface area contributed by atoms with Crippen LogP contribution < -0.4 is 16.4 Å². The van der Waals surface area contributed by atoms with Gasteiger partial charge in [-0.2, -0.15) is 0 Å². The van der Waals surface area contributed by atoms with Crippen LogP contribution in [0.15, 0.2) is 30.3 Å². The third kappa shape index (κ3) is 9.26. The molecular weight excluding hydrogens is 410 g/mol. The normalized spacial score (nSPS) is 17.1. The van der Waals surface area contributed by atoms with Gasteiger partial charge in [-0.25, -0.2) is 4.79 Å². The summed E-state index contributed by atoms with van der Waals surface area (Å²) in [4.78, 5) is 36.5. The zero-order valence-corrected chi connectivity index (χ0v) is 18.9. The Hall–Kier alpha value is -2.61. The minimum Gasteiger partial charge on any atom is -0.436 e. The fourth-order valence-corrected chi connectivity index (χ4v) is 4.23. The lowest BCUT2D eigenvalue weighted by atomic mass is 9.85. The molecule has 1 aromatic carbocycles. The number of benzene rings is 1. The summed E-state index contributed by atoms with van der Waals surface area (Å²) >= 11 is 0. The van der Waals surface area contributed by atoms with Crippen LogP contribution in [0.1, 0.15) is 57.4 Å². The zero-order valence-electron chi connectivity index (χ0n) is 18.9. The van der Waals surface area contributed by atoms with Gasteiger partial charge in [0.15, 0.2) is 6.10 Å². The Labute approximate surface area is 190 Å². The molecule has 5 N–H and O–H groups in total. The van der Waals surface area contributed by atoms with E-state index in [0.29, 0.717) is 18.9 Å². The zero-order chi connectivity index (χ0) is 23.3. The van der Waals surface area contributed by atoms with Gasteiger partial charge >= 0.3 is 6.09 Å². The van der Waals surface area contributed by atoms with Gasteiger partial charge in [-0.05, 0) is 30.7 Å². The predicted molar refractivity (Wildman–Crippen MR) is 122 cm³/mol. The number of aliphatic hydroxyl groups is 1. The molecule has 0 aliphatic heterocycles. The van der Waals surface area contributed by atoms with Crippen molar-refractivity contribution >= 4 is 17.9 Å². The molecule has 1 saturated carbocycles. The number of carbonyl (C=O) groups excluding carboxylic acids is 3. The molecule has 1 aromatic rings. The first-order valence-electron chi connectivity index (χ1n) is 11.6. The van der Waals surface area contributed by atoms with E-state index in [9.17, 15) is 19.5 Å². The second kappa shape index (κ2) is 13.7. The molecular formula is C24H37N3O5. The van der Waals surface area contributed by atoms with Crippen LogP contribution >= 0.6 is 0 Å². The maximum Gasteiger partial charge on any atom is 0.405 e. The van der Waals surface area contributed by atoms with Crippen LogP contribution in [-0.2, 0) is 20.7 Å². The molecule has 32 heavy (non-hydrogen) atoms. The first-order valence-corrected chi connectivity index (χ1v) is 11.6. The van der Waals surface area contributed by atoms with E-state index in [0.717, 1.165) is 37.7 Å². The Morgan fingerprint density at radius 2 is 1.81 bits per heavy atom. The summed E-state index contributed by atoms with van der Waals surface area (Å²) in [6.45, 7) is 1.95. The average Bonchev–Trinajstić information content (AvgIpc) is 2.79. The van der Waals surface area contributed by atoms with Crippen LogP contribution in [0, 0.1) is 11.8 Å². The molecule has 0 radical (unpaired) electrons. The van der Waals surface area contributed by atoms with E-state index in [2.05, 4.69) is 10.6 Å². The largest absolute Gasteiger partial charge is 0.436 e. The summed E-state index contributed by atoms with van der Waals surface area (Å²) in [7, 11) is 0. The van der Waals surface area contributed by atoms with E-state index >= 15 is 0 Å². The predicted octanol–water partition coefficient (Wildman–Crippen LogP) is 2.28. The van der Waals surface area contributed by atoms with Gasteiger partial charge in [0, 0.05) is 12.5 Å². The number of primary amides is 1. The van der Waals surface area contributed by atoms with Crippen molar-refractivity contribution in [3.63, 3.8) is 0 Å². The highest BCUT2D eigenvalue weighted by Crippen LogP contribution is 2.28. The summed E-state index contributed by atoms with van der Waals surface area (Å²) in [5.74, 6) is -0.719. The van der Waals surface area contributed by atoms with Crippen molar-refractivity contribution in [2.75, 3.05) is 13.2 Å². The number of amides is 3. The molecule has 2 rings (SSSR count). The molecule has 3 unspecified atom stereocenters. The molecule has 0 saturated heterocycles. The topological polar surface area (TPSA) is 131 Å². The number of nitrogens with two attached hydrogens (primary N) is 1. The van der Waals surface area contributed by atoms with E-state index in [1.165, 1.54) is 6.42 Å². The summed E-state index contributed by atoms with van der Waals surface area (Å²) in [6, 6.07) is 9.25. The van der Waals surface area contributed by atoms with Crippen molar-refractivity contribution in [2.24, 2.45) is 17.6 Å². The van der Waals surface area contributed by atoms with Crippen molar-refractivity contribution in [2.45, 2.75) is 70.4 Å². The lowest BCUT2D eigenvalue weighted by Gasteiger charge is -2.27. The van der Waals surface area contributed by atoms with Crippen molar-refractivity contribution < 1.29 is 24.2 Å². The molecule has 8 nitrogen and oxygen atoms in total. The van der Waals surface area contributed by atoms with Gasteiger partial charge in [0.1, 0.15) is 0 Å². The summed E-state index contributed by atoms with van der Waals surface area (Å²) in [5.41, 5.74) is 6.30. The van der Waals surface area contributed by atoms with Crippen molar-refractivity contribution in [3.8, 4) is 0 Å². The molecule has 1 aliphatic rings. The molecule has 0 heterocycles. The number of aliphatic hydroxyl groups excluding tert-OH is 1. The number of ether oxygens (including phenoxy) is 1. The Kier molecular flexibility index (Phi) is 11.0. The average molecular weight is 448 g/mol. The van der Waals surface area contributed by atoms with Gasteiger partial charge in [-0.3, -0.25) is 9.59 Å². The minimum absolute atomic E-state index is 0.138. The molecule has 0 bridgehead atoms. The van der Waals surface area contributed by atoms with Gasteiger partial charge < -0.3 is 26.2 Å². The van der Waals surface area contributed by atoms with E-state index in [4.69, 9.17) is 10.5 Å². The lowest BCUT2D eigenvalue weighted by molar-refractivity contribution is -0.132. The highest BCUT2D eigenvalue weighted by atomic mass is 16.6. The number of nitrogens with one attached hydrogen (secondary N) is 2. The molecule has 8 heteroatoms. The molecule has 1 aliphatic carbocycles. The van der Waals surface area contributed by atoms with Gasteiger partial charge in [0.05, 0.1) is 12.6 Å². The molecule has 1 fully saturated rings. The number of hydrogen-bond donors (Lipinski definition) is 4. The molecule has 178 valence electrons. The fourth-order valence-electron chi connectivity index (χ4n) is 4.23. The summed E-state index contributed by atoms with van der Waals surface area (Å²) in [5, 5.41) is 15.4. The van der Waals surface area contributed by atoms with Gasteiger partial charge in [0.25, 0.3) is 5.91 Å². The van der Waals surface area contributed by atoms with Crippen molar-refractivity contribution in [3.05, 3.63) is 35.9 Å². The van der Waals surface area contributed by atoms with E-state index in [-0.39, 0.29) is 18.9 Å². The van der Waals surface area contributed by atoms with Crippen LogP contribution in [0.5, 0.6) is 0 Å². The van der Waals surface area contributed by atoms with Gasteiger partial charge in [0.2, 0.25) is 5.91 Å². The van der Waals surface area contributed by atoms with E-state index in [1.54, 1.807) is 6.92 Å². The van der Waals surface area contributed by atoms with Crippen molar-refractivity contribution in [1.82, 2.24) is 10.6 Å². The molecule has 3 amide bonds. The Morgan fingerprint density at radius 1 is 1.12 bits per heavy atom. The van der Waals surface area contributed by atoms with E-state index < -0.39 is 30.1 Å². The minimum atomic E-state index is -0.993. The second-order valence-corrected chi connectivity index (χ2v) is 8.72. The maximum atomic E-state index is 12.7. The quantitative estimate of drug-likeness (QED) is 0.390. The number of hydrogen-bond acceptors (Lipinski definition) is 5. The molecule has 0 aromatic heterocycles.